The second-order valence-corrected chi connectivity index (χ2v) is 8.89. The van der Waals surface area contributed by atoms with E-state index in [0.717, 1.165) is 43.1 Å². The van der Waals surface area contributed by atoms with Gasteiger partial charge in [-0.1, -0.05) is 20.8 Å². The first-order valence-electron chi connectivity index (χ1n) is 8.43. The minimum absolute atomic E-state index is 0.0854. The highest BCUT2D eigenvalue weighted by atomic mass is 32.1. The molecule has 1 N–H and O–H groups in total. The lowest BCUT2D eigenvalue weighted by molar-refractivity contribution is 0.0626. The van der Waals surface area contributed by atoms with Gasteiger partial charge >= 0.3 is 0 Å². The summed E-state index contributed by atoms with van der Waals surface area (Å²) in [6, 6.07) is 2.32. The number of hydrogen-bond donors (Lipinski definition) is 1. The van der Waals surface area contributed by atoms with E-state index < -0.39 is 0 Å². The largest absolute Gasteiger partial charge is 0.379 e. The Labute approximate surface area is 137 Å². The maximum Gasteiger partial charge on any atom is 0.261 e. The van der Waals surface area contributed by atoms with Crippen molar-refractivity contribution in [1.82, 2.24) is 5.32 Å². The summed E-state index contributed by atoms with van der Waals surface area (Å²) in [6.45, 7) is 8.46. The molecule has 22 heavy (non-hydrogen) atoms. The summed E-state index contributed by atoms with van der Waals surface area (Å²) in [5.41, 5.74) is 1.75. The fourth-order valence-corrected chi connectivity index (χ4v) is 4.60. The molecule has 1 aliphatic carbocycles. The van der Waals surface area contributed by atoms with Gasteiger partial charge in [0.15, 0.2) is 0 Å². The molecule has 0 bridgehead atoms. The van der Waals surface area contributed by atoms with Crippen molar-refractivity contribution in [3.63, 3.8) is 0 Å². The molecule has 1 aromatic rings. The molecule has 2 atom stereocenters. The molecule has 2 unspecified atom stereocenters. The summed E-state index contributed by atoms with van der Waals surface area (Å²) >= 11 is 1.69. The second-order valence-electron chi connectivity index (χ2n) is 7.75. The van der Waals surface area contributed by atoms with Crippen LogP contribution >= 0.6 is 11.3 Å². The van der Waals surface area contributed by atoms with Crippen LogP contribution in [0.4, 0.5) is 0 Å². The Morgan fingerprint density at radius 1 is 1.36 bits per heavy atom. The van der Waals surface area contributed by atoms with Crippen molar-refractivity contribution in [2.45, 2.75) is 58.9 Å². The Hall–Kier alpha value is -0.870. The average Bonchev–Trinajstić information content (AvgIpc) is 2.90. The fraction of sp³-hybridized carbons (Fsp3) is 0.722. The smallest absolute Gasteiger partial charge is 0.261 e. The van der Waals surface area contributed by atoms with Gasteiger partial charge in [-0.05, 0) is 55.1 Å². The molecule has 1 aliphatic heterocycles. The average molecular weight is 321 g/mol. The number of rotatable bonds is 2. The zero-order valence-electron chi connectivity index (χ0n) is 13.9. The van der Waals surface area contributed by atoms with Crippen LogP contribution in [-0.4, -0.2) is 25.2 Å². The Bertz CT molecular complexity index is 538. The topological polar surface area (TPSA) is 38.3 Å². The summed E-state index contributed by atoms with van der Waals surface area (Å²) in [5.74, 6) is 0.805. The maximum atomic E-state index is 12.5. The first-order chi connectivity index (χ1) is 10.4. The van der Waals surface area contributed by atoms with Crippen LogP contribution in [0.3, 0.4) is 0 Å². The van der Waals surface area contributed by atoms with Gasteiger partial charge in [0, 0.05) is 11.5 Å². The lowest BCUT2D eigenvalue weighted by Crippen LogP contribution is -2.40. The molecule has 0 aromatic carbocycles. The van der Waals surface area contributed by atoms with E-state index in [1.165, 1.54) is 16.9 Å². The van der Waals surface area contributed by atoms with Gasteiger partial charge in [-0.25, -0.2) is 0 Å². The molecular weight excluding hydrogens is 294 g/mol. The van der Waals surface area contributed by atoms with Gasteiger partial charge in [-0.15, -0.1) is 11.3 Å². The van der Waals surface area contributed by atoms with Gasteiger partial charge in [-0.3, -0.25) is 4.79 Å². The number of carbonyl (C=O) groups excluding carboxylic acids is 1. The monoisotopic (exact) mass is 321 g/mol. The molecule has 122 valence electrons. The predicted octanol–water partition coefficient (Wildman–Crippen LogP) is 3.81. The third-order valence-electron chi connectivity index (χ3n) is 5.03. The molecule has 0 radical (unpaired) electrons. The highest BCUT2D eigenvalue weighted by molar-refractivity contribution is 7.14. The van der Waals surface area contributed by atoms with Crippen molar-refractivity contribution in [2.24, 2.45) is 11.3 Å². The van der Waals surface area contributed by atoms with Gasteiger partial charge in [0.05, 0.1) is 17.5 Å². The number of fused-ring (bicyclic) bond motifs is 1. The summed E-state index contributed by atoms with van der Waals surface area (Å²) < 4.78 is 5.44. The van der Waals surface area contributed by atoms with Crippen molar-refractivity contribution in [2.75, 3.05) is 13.2 Å². The lowest BCUT2D eigenvalue weighted by Gasteiger charge is -2.33. The fourth-order valence-electron chi connectivity index (χ4n) is 3.49. The van der Waals surface area contributed by atoms with Crippen LogP contribution < -0.4 is 5.32 Å². The molecule has 3 nitrogen and oxygen atoms in total. The van der Waals surface area contributed by atoms with E-state index in [-0.39, 0.29) is 11.9 Å². The van der Waals surface area contributed by atoms with Crippen molar-refractivity contribution in [1.29, 1.82) is 0 Å². The predicted molar refractivity (Wildman–Crippen MR) is 90.6 cm³/mol. The van der Waals surface area contributed by atoms with Gasteiger partial charge < -0.3 is 10.1 Å². The molecule has 1 aromatic heterocycles. The van der Waals surface area contributed by atoms with Gasteiger partial charge in [0.1, 0.15) is 0 Å². The molecular formula is C18H27NO2S. The Kier molecular flexibility index (Phi) is 4.60. The van der Waals surface area contributed by atoms with E-state index in [9.17, 15) is 4.79 Å². The van der Waals surface area contributed by atoms with Crippen LogP contribution in [0, 0.1) is 11.3 Å². The molecule has 1 amide bonds. The van der Waals surface area contributed by atoms with Crippen LogP contribution in [-0.2, 0) is 17.6 Å². The minimum atomic E-state index is 0.0854. The number of hydrogen-bond acceptors (Lipinski definition) is 3. The molecule has 1 fully saturated rings. The van der Waals surface area contributed by atoms with Crippen LogP contribution in [0.2, 0.25) is 0 Å². The summed E-state index contributed by atoms with van der Waals surface area (Å²) in [5, 5.41) is 3.13. The summed E-state index contributed by atoms with van der Waals surface area (Å²) in [6.07, 6.45) is 5.56. The number of aryl methyl sites for hydroxylation is 1. The van der Waals surface area contributed by atoms with Gasteiger partial charge in [0.25, 0.3) is 5.91 Å². The highest BCUT2D eigenvalue weighted by Crippen LogP contribution is 2.40. The van der Waals surface area contributed by atoms with E-state index in [1.807, 2.05) is 0 Å². The third-order valence-corrected chi connectivity index (χ3v) is 6.26. The van der Waals surface area contributed by atoms with Crippen molar-refractivity contribution in [3.8, 4) is 0 Å². The molecule has 2 aliphatic rings. The van der Waals surface area contributed by atoms with Crippen molar-refractivity contribution in [3.05, 3.63) is 21.4 Å². The number of ether oxygens (including phenoxy) is 1. The quantitative estimate of drug-likeness (QED) is 0.899. The Morgan fingerprint density at radius 2 is 2.18 bits per heavy atom. The normalized spacial score (nSPS) is 25.6. The van der Waals surface area contributed by atoms with E-state index in [4.69, 9.17) is 4.74 Å². The third kappa shape index (κ3) is 3.54. The Morgan fingerprint density at radius 3 is 2.86 bits per heavy atom. The van der Waals surface area contributed by atoms with Crippen LogP contribution in [0.1, 0.15) is 60.1 Å². The van der Waals surface area contributed by atoms with E-state index in [0.29, 0.717) is 12.0 Å². The second kappa shape index (κ2) is 6.32. The number of nitrogens with one attached hydrogen (secondary N) is 1. The summed E-state index contributed by atoms with van der Waals surface area (Å²) in [4.78, 5) is 14.8. The minimum Gasteiger partial charge on any atom is -0.379 e. The van der Waals surface area contributed by atoms with Gasteiger partial charge in [0.2, 0.25) is 0 Å². The SMILES string of the molecule is CC(C)(C)C1CCc2sc(C(=O)NC3CCCOC3)cc2C1. The molecule has 1 saturated heterocycles. The Balaban J connectivity index is 1.67. The molecule has 2 heterocycles. The zero-order valence-corrected chi connectivity index (χ0v) is 14.7. The molecule has 0 saturated carbocycles. The van der Waals surface area contributed by atoms with Crippen molar-refractivity contribution < 1.29 is 9.53 Å². The molecule has 0 spiro atoms. The van der Waals surface area contributed by atoms with Crippen LogP contribution in [0.25, 0.3) is 0 Å². The first-order valence-corrected chi connectivity index (χ1v) is 9.25. The van der Waals surface area contributed by atoms with Crippen LogP contribution in [0.5, 0.6) is 0 Å². The summed E-state index contributed by atoms with van der Waals surface area (Å²) in [7, 11) is 0. The lowest BCUT2D eigenvalue weighted by atomic mass is 9.72. The first kappa shape index (κ1) is 16.0. The van der Waals surface area contributed by atoms with Crippen LogP contribution in [0.15, 0.2) is 6.07 Å². The molecule has 4 heteroatoms. The standard InChI is InChI=1S/C18H27NO2S/c1-18(2,3)13-6-7-15-12(9-13)10-16(22-15)17(20)19-14-5-4-8-21-11-14/h10,13-14H,4-9,11H2,1-3H3,(H,19,20). The van der Waals surface area contributed by atoms with E-state index in [2.05, 4.69) is 32.2 Å². The van der Waals surface area contributed by atoms with E-state index >= 15 is 0 Å². The molecule has 3 rings (SSSR count). The number of thiophene rings is 1. The highest BCUT2D eigenvalue weighted by Gasteiger charge is 2.30. The van der Waals surface area contributed by atoms with Crippen molar-refractivity contribution >= 4 is 17.2 Å². The maximum absolute atomic E-state index is 12.5. The number of carbonyl (C=O) groups is 1. The van der Waals surface area contributed by atoms with E-state index in [1.54, 1.807) is 11.3 Å². The zero-order chi connectivity index (χ0) is 15.7. The van der Waals surface area contributed by atoms with Gasteiger partial charge in [-0.2, -0.15) is 0 Å². The number of amides is 1.